The molecule has 2 aromatic rings. The van der Waals surface area contributed by atoms with E-state index in [4.69, 9.17) is 4.74 Å². The second-order valence-electron chi connectivity index (χ2n) is 6.03. The zero-order valence-corrected chi connectivity index (χ0v) is 14.8. The number of ether oxygens (including phenoxy) is 1. The Balaban J connectivity index is 1.79. The highest BCUT2D eigenvalue weighted by atomic mass is 32.1. The van der Waals surface area contributed by atoms with Gasteiger partial charge < -0.3 is 4.74 Å². The van der Waals surface area contributed by atoms with Crippen molar-refractivity contribution in [3.63, 3.8) is 0 Å². The normalized spacial score (nSPS) is 22.5. The zero-order chi connectivity index (χ0) is 18.2. The molecule has 1 aliphatic carbocycles. The van der Waals surface area contributed by atoms with Crippen LogP contribution in [0.1, 0.15) is 13.8 Å². The molecule has 0 saturated carbocycles. The average Bonchev–Trinajstić information content (AvgIpc) is 2.98. The largest absolute Gasteiger partial charge is 0.497 e. The Morgan fingerprint density at radius 2 is 2.24 bits per heavy atom. The molecule has 0 aliphatic heterocycles. The molecular formula is C17H17N3O4S. The van der Waals surface area contributed by atoms with Crippen molar-refractivity contribution in [2.45, 2.75) is 19.4 Å². The molecule has 130 valence electrons. The van der Waals surface area contributed by atoms with Gasteiger partial charge in [0.05, 0.1) is 17.3 Å². The second kappa shape index (κ2) is 6.29. The van der Waals surface area contributed by atoms with Gasteiger partial charge in [-0.15, -0.1) is 0 Å². The van der Waals surface area contributed by atoms with E-state index in [0.29, 0.717) is 10.7 Å². The molecule has 0 saturated heterocycles. The zero-order valence-electron chi connectivity index (χ0n) is 14.0. The van der Waals surface area contributed by atoms with Crippen LogP contribution in [0.15, 0.2) is 42.0 Å². The molecule has 1 heterocycles. The molecule has 25 heavy (non-hydrogen) atoms. The lowest BCUT2D eigenvalue weighted by atomic mass is 9.82. The summed E-state index contributed by atoms with van der Waals surface area (Å²) in [6, 6.07) is 5.48. The van der Waals surface area contributed by atoms with Crippen molar-refractivity contribution in [3.8, 4) is 5.75 Å². The third-order valence-corrected chi connectivity index (χ3v) is 5.36. The minimum atomic E-state index is -1.20. The van der Waals surface area contributed by atoms with E-state index in [1.807, 2.05) is 12.1 Å². The first-order valence-electron chi connectivity index (χ1n) is 7.65. The predicted octanol–water partition coefficient (Wildman–Crippen LogP) is 3.41. The average molecular weight is 359 g/mol. The Labute approximate surface area is 148 Å². The van der Waals surface area contributed by atoms with Gasteiger partial charge in [-0.2, -0.15) is 0 Å². The number of fused-ring (bicyclic) bond motifs is 1. The fourth-order valence-corrected chi connectivity index (χ4v) is 3.43. The molecule has 0 radical (unpaired) electrons. The van der Waals surface area contributed by atoms with E-state index in [0.717, 1.165) is 16.0 Å². The smallest absolute Gasteiger partial charge is 0.257 e. The van der Waals surface area contributed by atoms with Gasteiger partial charge in [-0.25, -0.2) is 4.98 Å². The molecule has 2 unspecified atom stereocenters. The number of hydrogen-bond donors (Lipinski definition) is 1. The van der Waals surface area contributed by atoms with E-state index in [9.17, 15) is 14.9 Å². The maximum absolute atomic E-state index is 12.4. The molecule has 1 N–H and O–H groups in total. The van der Waals surface area contributed by atoms with Gasteiger partial charge in [0.25, 0.3) is 5.91 Å². The lowest BCUT2D eigenvalue weighted by Crippen LogP contribution is -2.40. The summed E-state index contributed by atoms with van der Waals surface area (Å²) in [5.74, 6) is -0.00719. The van der Waals surface area contributed by atoms with E-state index in [1.54, 1.807) is 33.1 Å². The Bertz CT molecular complexity index is 918. The maximum Gasteiger partial charge on any atom is 0.257 e. The highest BCUT2D eigenvalue weighted by Crippen LogP contribution is 2.32. The van der Waals surface area contributed by atoms with Crippen molar-refractivity contribution in [2.75, 3.05) is 12.4 Å². The molecule has 1 amide bonds. The highest BCUT2D eigenvalue weighted by molar-refractivity contribution is 7.22. The first-order chi connectivity index (χ1) is 11.8. The molecule has 0 bridgehead atoms. The monoisotopic (exact) mass is 359 g/mol. The minimum absolute atomic E-state index is 0.333. The summed E-state index contributed by atoms with van der Waals surface area (Å²) in [6.45, 7) is 3.27. The molecule has 2 atom stereocenters. The van der Waals surface area contributed by atoms with Crippen LogP contribution < -0.4 is 10.1 Å². The molecule has 1 aliphatic rings. The van der Waals surface area contributed by atoms with Gasteiger partial charge in [-0.1, -0.05) is 24.3 Å². The number of nitrogens with zero attached hydrogens (tertiary/aromatic N) is 2. The summed E-state index contributed by atoms with van der Waals surface area (Å²) in [5, 5.41) is 14.4. The van der Waals surface area contributed by atoms with Gasteiger partial charge in [0.1, 0.15) is 5.75 Å². The quantitative estimate of drug-likeness (QED) is 0.667. The fourth-order valence-electron chi connectivity index (χ4n) is 2.54. The van der Waals surface area contributed by atoms with E-state index in [-0.39, 0.29) is 10.8 Å². The molecule has 8 heteroatoms. The van der Waals surface area contributed by atoms with E-state index >= 15 is 0 Å². The molecule has 1 aromatic heterocycles. The molecule has 0 spiro atoms. The number of rotatable bonds is 4. The van der Waals surface area contributed by atoms with Crippen LogP contribution in [-0.2, 0) is 4.79 Å². The van der Waals surface area contributed by atoms with Crippen molar-refractivity contribution < 1.29 is 14.5 Å². The number of hydrogen-bond acceptors (Lipinski definition) is 6. The molecular weight excluding hydrogens is 342 g/mol. The summed E-state index contributed by atoms with van der Waals surface area (Å²) in [7, 11) is 1.59. The number of carbonyl (C=O) groups excluding carboxylic acids is 1. The van der Waals surface area contributed by atoms with Crippen LogP contribution >= 0.6 is 11.3 Å². The number of nitrogens with one attached hydrogen (secondary N) is 1. The standard InChI is InChI=1S/C17H17N3O4S/c1-10-8-11(6-7-17(10,2)20(22)23)15(21)19-16-18-13-5-4-12(24-3)9-14(13)25-16/h4-10H,1-3H3,(H,18,19,21). The number of nitro groups is 1. The van der Waals surface area contributed by atoms with Crippen LogP contribution in [0, 0.1) is 16.0 Å². The SMILES string of the molecule is COc1ccc2nc(NC(=O)C3=CC(C)C(C)([N+](=O)[O-])C=C3)sc2c1. The summed E-state index contributed by atoms with van der Waals surface area (Å²) in [6.07, 6.45) is 4.58. The number of amides is 1. The third-order valence-electron chi connectivity index (χ3n) is 4.42. The molecule has 1 aromatic carbocycles. The molecule has 0 fully saturated rings. The van der Waals surface area contributed by atoms with Crippen molar-refractivity contribution >= 4 is 32.6 Å². The summed E-state index contributed by atoms with van der Waals surface area (Å²) >= 11 is 1.34. The van der Waals surface area contributed by atoms with Crippen LogP contribution in [0.25, 0.3) is 10.2 Å². The molecule has 7 nitrogen and oxygen atoms in total. The van der Waals surface area contributed by atoms with Crippen LogP contribution in [0.4, 0.5) is 5.13 Å². The highest BCUT2D eigenvalue weighted by Gasteiger charge is 2.42. The summed E-state index contributed by atoms with van der Waals surface area (Å²) in [4.78, 5) is 27.7. The van der Waals surface area contributed by atoms with Gasteiger partial charge in [0.15, 0.2) is 5.13 Å². The van der Waals surface area contributed by atoms with Crippen molar-refractivity contribution in [2.24, 2.45) is 5.92 Å². The van der Waals surface area contributed by atoms with Crippen molar-refractivity contribution in [1.29, 1.82) is 0 Å². The summed E-state index contributed by atoms with van der Waals surface area (Å²) < 4.78 is 6.08. The first-order valence-corrected chi connectivity index (χ1v) is 8.46. The first kappa shape index (κ1) is 17.1. The van der Waals surface area contributed by atoms with E-state index in [2.05, 4.69) is 10.3 Å². The van der Waals surface area contributed by atoms with Crippen LogP contribution in [-0.4, -0.2) is 28.5 Å². The van der Waals surface area contributed by atoms with Gasteiger partial charge in [0.2, 0.25) is 5.54 Å². The second-order valence-corrected chi connectivity index (χ2v) is 7.06. The Hall–Kier alpha value is -2.74. The lowest BCUT2D eigenvalue weighted by Gasteiger charge is -2.25. The number of thiazole rings is 1. The van der Waals surface area contributed by atoms with Crippen LogP contribution in [0.2, 0.25) is 0 Å². The Morgan fingerprint density at radius 1 is 1.48 bits per heavy atom. The maximum atomic E-state index is 12.4. The number of anilines is 1. The Morgan fingerprint density at radius 3 is 2.88 bits per heavy atom. The van der Waals surface area contributed by atoms with Crippen LogP contribution in [0.5, 0.6) is 5.75 Å². The number of methoxy groups -OCH3 is 1. The third kappa shape index (κ3) is 3.12. The van der Waals surface area contributed by atoms with Crippen molar-refractivity contribution in [1.82, 2.24) is 4.98 Å². The van der Waals surface area contributed by atoms with Gasteiger partial charge in [0, 0.05) is 23.3 Å². The minimum Gasteiger partial charge on any atom is -0.497 e. The number of carbonyl (C=O) groups is 1. The summed E-state index contributed by atoms with van der Waals surface area (Å²) in [5.41, 5.74) is -0.0388. The lowest BCUT2D eigenvalue weighted by molar-refractivity contribution is -0.557. The van der Waals surface area contributed by atoms with Gasteiger partial charge in [-0.3, -0.25) is 20.2 Å². The van der Waals surface area contributed by atoms with E-state index in [1.165, 1.54) is 23.5 Å². The van der Waals surface area contributed by atoms with Gasteiger partial charge in [-0.05, 0) is 30.4 Å². The molecule has 3 rings (SSSR count). The Kier molecular flexibility index (Phi) is 4.30. The topological polar surface area (TPSA) is 94.4 Å². The van der Waals surface area contributed by atoms with Crippen molar-refractivity contribution in [3.05, 3.63) is 52.1 Å². The van der Waals surface area contributed by atoms with Gasteiger partial charge >= 0.3 is 0 Å². The van der Waals surface area contributed by atoms with Crippen LogP contribution in [0.3, 0.4) is 0 Å². The predicted molar refractivity (Wildman–Crippen MR) is 96.6 cm³/mol. The fraction of sp³-hybridized carbons (Fsp3) is 0.294. The number of benzene rings is 1. The van der Waals surface area contributed by atoms with E-state index < -0.39 is 11.5 Å². The number of aromatic nitrogens is 1.